The van der Waals surface area contributed by atoms with Gasteiger partial charge in [0, 0.05) is 25.8 Å². The summed E-state index contributed by atoms with van der Waals surface area (Å²) in [5.41, 5.74) is 0. The van der Waals surface area contributed by atoms with Crippen molar-refractivity contribution in [2.24, 2.45) is 0 Å². The topological polar surface area (TPSA) is 42.0 Å². The number of amides is 1. The molecule has 0 spiro atoms. The van der Waals surface area contributed by atoms with Crippen molar-refractivity contribution in [3.63, 3.8) is 0 Å². The fourth-order valence-corrected chi connectivity index (χ4v) is 3.70. The standard InChI is InChI=1S/C22H34F2N2O3/c1-4-13-25(2)14-5-6-15-28-19-10-8-18(9-11-19)26(3)22(27)29-21-12-7-17(23)16-20(21)24/h7,12,16,18-19H,4-6,8-11,13-15H2,1-3H3. The second-order valence-corrected chi connectivity index (χ2v) is 7.87. The quantitative estimate of drug-likeness (QED) is 0.516. The fourth-order valence-electron chi connectivity index (χ4n) is 3.70. The van der Waals surface area contributed by atoms with Gasteiger partial charge < -0.3 is 19.3 Å². The van der Waals surface area contributed by atoms with Gasteiger partial charge in [-0.1, -0.05) is 6.92 Å². The average Bonchev–Trinajstić information content (AvgIpc) is 2.70. The highest BCUT2D eigenvalue weighted by molar-refractivity contribution is 5.70. The molecule has 1 aliphatic carbocycles. The number of carbonyl (C=O) groups excluding carboxylic acids is 1. The molecule has 164 valence electrons. The molecule has 1 fully saturated rings. The lowest BCUT2D eigenvalue weighted by atomic mass is 9.92. The molecule has 0 N–H and O–H groups in total. The molecule has 0 aliphatic heterocycles. The summed E-state index contributed by atoms with van der Waals surface area (Å²) >= 11 is 0. The number of hydrogen-bond acceptors (Lipinski definition) is 4. The van der Waals surface area contributed by atoms with Crippen LogP contribution in [0.4, 0.5) is 13.6 Å². The van der Waals surface area contributed by atoms with E-state index in [1.54, 1.807) is 7.05 Å². The molecular formula is C22H34F2N2O3. The number of rotatable bonds is 10. The number of nitrogens with zero attached hydrogens (tertiary/aromatic N) is 2. The summed E-state index contributed by atoms with van der Waals surface area (Å²) in [7, 11) is 3.81. The molecule has 2 rings (SSSR count). The van der Waals surface area contributed by atoms with E-state index in [1.807, 2.05) is 0 Å². The highest BCUT2D eigenvalue weighted by Crippen LogP contribution is 2.26. The van der Waals surface area contributed by atoms with E-state index in [2.05, 4.69) is 18.9 Å². The third-order valence-electron chi connectivity index (χ3n) is 5.46. The van der Waals surface area contributed by atoms with E-state index in [-0.39, 0.29) is 17.9 Å². The van der Waals surface area contributed by atoms with Crippen LogP contribution in [0.5, 0.6) is 5.75 Å². The third kappa shape index (κ3) is 7.90. The second kappa shape index (κ2) is 12.1. The van der Waals surface area contributed by atoms with Crippen LogP contribution in [0, 0.1) is 11.6 Å². The SMILES string of the molecule is CCCN(C)CCCCOC1CCC(N(C)C(=O)Oc2ccc(F)cc2F)CC1. The van der Waals surface area contributed by atoms with Crippen molar-refractivity contribution in [1.29, 1.82) is 0 Å². The molecule has 29 heavy (non-hydrogen) atoms. The van der Waals surface area contributed by atoms with Gasteiger partial charge in [0.1, 0.15) is 5.82 Å². The van der Waals surface area contributed by atoms with Gasteiger partial charge in [-0.2, -0.15) is 0 Å². The molecule has 0 atom stereocenters. The zero-order chi connectivity index (χ0) is 21.2. The summed E-state index contributed by atoms with van der Waals surface area (Å²) in [6.45, 7) is 5.20. The van der Waals surface area contributed by atoms with Crippen LogP contribution in [0.15, 0.2) is 18.2 Å². The Kier molecular flexibility index (Phi) is 9.81. The van der Waals surface area contributed by atoms with Gasteiger partial charge in [0.2, 0.25) is 0 Å². The minimum Gasteiger partial charge on any atom is -0.407 e. The molecule has 0 bridgehead atoms. The Morgan fingerprint density at radius 2 is 1.83 bits per heavy atom. The Balaban J connectivity index is 1.65. The van der Waals surface area contributed by atoms with Gasteiger partial charge in [-0.25, -0.2) is 13.6 Å². The summed E-state index contributed by atoms with van der Waals surface area (Å²) in [6, 6.07) is 2.93. The van der Waals surface area contributed by atoms with Crippen LogP contribution in [0.1, 0.15) is 51.9 Å². The molecule has 1 aromatic rings. The lowest BCUT2D eigenvalue weighted by Gasteiger charge is -2.34. The number of unbranched alkanes of at least 4 members (excludes halogenated alkanes) is 1. The molecule has 0 unspecified atom stereocenters. The highest BCUT2D eigenvalue weighted by atomic mass is 19.1. The van der Waals surface area contributed by atoms with Gasteiger partial charge in [0.05, 0.1) is 6.10 Å². The maximum absolute atomic E-state index is 13.7. The Hall–Kier alpha value is -1.73. The van der Waals surface area contributed by atoms with Gasteiger partial charge in [-0.05, 0) is 77.2 Å². The van der Waals surface area contributed by atoms with Crippen LogP contribution in [0.3, 0.4) is 0 Å². The van der Waals surface area contributed by atoms with Gasteiger partial charge in [-0.3, -0.25) is 0 Å². The maximum atomic E-state index is 13.7. The van der Waals surface area contributed by atoms with Gasteiger partial charge >= 0.3 is 6.09 Å². The van der Waals surface area contributed by atoms with E-state index in [0.29, 0.717) is 6.07 Å². The molecule has 7 heteroatoms. The monoisotopic (exact) mass is 412 g/mol. The Labute approximate surface area is 173 Å². The van der Waals surface area contributed by atoms with Crippen molar-refractivity contribution in [2.45, 2.75) is 64.0 Å². The van der Waals surface area contributed by atoms with Gasteiger partial charge in [-0.15, -0.1) is 0 Å². The first-order valence-electron chi connectivity index (χ1n) is 10.6. The molecule has 0 saturated heterocycles. The summed E-state index contributed by atoms with van der Waals surface area (Å²) < 4.78 is 37.7. The van der Waals surface area contributed by atoms with Gasteiger partial charge in [0.15, 0.2) is 11.6 Å². The van der Waals surface area contributed by atoms with Crippen LogP contribution in [-0.4, -0.2) is 61.8 Å². The maximum Gasteiger partial charge on any atom is 0.415 e. The van der Waals surface area contributed by atoms with Crippen LogP contribution >= 0.6 is 0 Å². The predicted octanol–water partition coefficient (Wildman–Crippen LogP) is 4.85. The lowest BCUT2D eigenvalue weighted by Crippen LogP contribution is -2.42. The first-order valence-corrected chi connectivity index (χ1v) is 10.6. The molecule has 1 saturated carbocycles. The third-order valence-corrected chi connectivity index (χ3v) is 5.46. The lowest BCUT2D eigenvalue weighted by molar-refractivity contribution is 0.0100. The number of ether oxygens (including phenoxy) is 2. The predicted molar refractivity (Wildman–Crippen MR) is 109 cm³/mol. The van der Waals surface area contributed by atoms with Crippen molar-refractivity contribution in [3.8, 4) is 5.75 Å². The first kappa shape index (κ1) is 23.5. The minimum absolute atomic E-state index is 0.0357. The van der Waals surface area contributed by atoms with E-state index in [1.165, 1.54) is 11.3 Å². The van der Waals surface area contributed by atoms with Crippen LogP contribution in [-0.2, 0) is 4.74 Å². The van der Waals surface area contributed by atoms with E-state index in [4.69, 9.17) is 9.47 Å². The summed E-state index contributed by atoms with van der Waals surface area (Å²) in [5, 5.41) is 0. The number of benzene rings is 1. The fraction of sp³-hybridized carbons (Fsp3) is 0.682. The largest absolute Gasteiger partial charge is 0.415 e. The van der Waals surface area contributed by atoms with Crippen LogP contribution in [0.25, 0.3) is 0 Å². The molecule has 0 heterocycles. The number of carbonyl (C=O) groups is 1. The molecule has 5 nitrogen and oxygen atoms in total. The summed E-state index contributed by atoms with van der Waals surface area (Å²) in [5.74, 6) is -1.85. The van der Waals surface area contributed by atoms with Crippen molar-refractivity contribution in [2.75, 3.05) is 33.8 Å². The van der Waals surface area contributed by atoms with Crippen LogP contribution in [0.2, 0.25) is 0 Å². The highest BCUT2D eigenvalue weighted by Gasteiger charge is 2.28. The number of hydrogen-bond donors (Lipinski definition) is 0. The van der Waals surface area contributed by atoms with Gasteiger partial charge in [0.25, 0.3) is 0 Å². The van der Waals surface area contributed by atoms with Crippen molar-refractivity contribution in [3.05, 3.63) is 29.8 Å². The van der Waals surface area contributed by atoms with Crippen molar-refractivity contribution >= 4 is 6.09 Å². The normalized spacial score (nSPS) is 19.4. The molecule has 0 radical (unpaired) electrons. The Morgan fingerprint density at radius 3 is 2.48 bits per heavy atom. The molecule has 0 aromatic heterocycles. The van der Waals surface area contributed by atoms with Crippen LogP contribution < -0.4 is 4.74 Å². The molecular weight excluding hydrogens is 378 g/mol. The van der Waals surface area contributed by atoms with E-state index < -0.39 is 17.7 Å². The number of halogens is 2. The smallest absolute Gasteiger partial charge is 0.407 e. The molecule has 1 amide bonds. The van der Waals surface area contributed by atoms with Crippen molar-refractivity contribution in [1.82, 2.24) is 9.80 Å². The van der Waals surface area contributed by atoms with E-state index in [9.17, 15) is 13.6 Å². The second-order valence-electron chi connectivity index (χ2n) is 7.87. The summed E-state index contributed by atoms with van der Waals surface area (Å²) in [6.07, 6.45) is 6.41. The minimum atomic E-state index is -0.884. The zero-order valence-electron chi connectivity index (χ0n) is 17.8. The Morgan fingerprint density at radius 1 is 1.10 bits per heavy atom. The van der Waals surface area contributed by atoms with Crippen molar-refractivity contribution < 1.29 is 23.0 Å². The Bertz CT molecular complexity index is 636. The average molecular weight is 413 g/mol. The zero-order valence-corrected chi connectivity index (χ0v) is 17.8. The summed E-state index contributed by atoms with van der Waals surface area (Å²) in [4.78, 5) is 16.1. The van der Waals surface area contributed by atoms with E-state index >= 15 is 0 Å². The molecule has 1 aromatic carbocycles. The van der Waals surface area contributed by atoms with E-state index in [0.717, 1.165) is 70.4 Å². The molecule has 1 aliphatic rings. The first-order chi connectivity index (χ1) is 13.9.